The summed E-state index contributed by atoms with van der Waals surface area (Å²) in [6, 6.07) is 11.7. The average Bonchev–Trinajstić information content (AvgIpc) is 2.79. The molecule has 0 bridgehead atoms. The van der Waals surface area contributed by atoms with E-state index >= 15 is 0 Å². The van der Waals surface area contributed by atoms with Crippen LogP contribution in [0.1, 0.15) is 24.8 Å². The topological polar surface area (TPSA) is 108 Å². The van der Waals surface area contributed by atoms with Gasteiger partial charge in [-0.25, -0.2) is 22.3 Å². The lowest BCUT2D eigenvalue weighted by molar-refractivity contribution is -0.132. The zero-order valence-corrected chi connectivity index (χ0v) is 19.3. The number of carbonyl (C=O) groups is 2. The molecule has 1 unspecified atom stereocenters. The third-order valence-corrected chi connectivity index (χ3v) is 6.96. The van der Waals surface area contributed by atoms with Crippen LogP contribution < -0.4 is 15.4 Å². The Kier molecular flexibility index (Phi) is 8.40. The molecule has 1 aliphatic rings. The Morgan fingerprint density at radius 3 is 2.48 bits per heavy atom. The second-order valence-electron chi connectivity index (χ2n) is 8.15. The van der Waals surface area contributed by atoms with Gasteiger partial charge in [0.2, 0.25) is 15.9 Å². The van der Waals surface area contributed by atoms with Gasteiger partial charge in [0.15, 0.2) is 0 Å². The molecule has 0 spiro atoms. The first-order valence-corrected chi connectivity index (χ1v) is 12.4. The van der Waals surface area contributed by atoms with Gasteiger partial charge in [-0.05, 0) is 62.1 Å². The highest BCUT2D eigenvalue weighted by Crippen LogP contribution is 2.17. The summed E-state index contributed by atoms with van der Waals surface area (Å²) in [6.07, 6.45) is 1.74. The van der Waals surface area contributed by atoms with Crippen molar-refractivity contribution in [1.29, 1.82) is 0 Å². The minimum atomic E-state index is -3.80. The van der Waals surface area contributed by atoms with E-state index in [0.717, 1.165) is 30.5 Å². The van der Waals surface area contributed by atoms with Gasteiger partial charge >= 0.3 is 6.03 Å². The molecular formula is C23H29FN4O4S. The molecule has 2 aromatic carbocycles. The number of aryl methyl sites for hydroxylation is 1. The van der Waals surface area contributed by atoms with Crippen LogP contribution in [0.2, 0.25) is 0 Å². The van der Waals surface area contributed by atoms with Crippen LogP contribution in [0.4, 0.5) is 14.9 Å². The van der Waals surface area contributed by atoms with Crippen LogP contribution in [0.15, 0.2) is 53.4 Å². The fourth-order valence-electron chi connectivity index (χ4n) is 3.65. The summed E-state index contributed by atoms with van der Waals surface area (Å²) in [6.45, 7) is 3.49. The van der Waals surface area contributed by atoms with Crippen LogP contribution in [-0.2, 0) is 14.8 Å². The van der Waals surface area contributed by atoms with Crippen LogP contribution in [0.25, 0.3) is 0 Å². The third-order valence-electron chi connectivity index (χ3n) is 5.49. The predicted octanol–water partition coefficient (Wildman–Crippen LogP) is 2.86. The normalized spacial score (nSPS) is 16.3. The second-order valence-corrected chi connectivity index (χ2v) is 9.92. The van der Waals surface area contributed by atoms with E-state index in [1.165, 1.54) is 12.1 Å². The molecule has 8 nitrogen and oxygen atoms in total. The van der Waals surface area contributed by atoms with E-state index in [-0.39, 0.29) is 35.7 Å². The predicted molar refractivity (Wildman–Crippen MR) is 124 cm³/mol. The lowest BCUT2D eigenvalue weighted by atomic mass is 9.98. The van der Waals surface area contributed by atoms with Crippen LogP contribution in [0, 0.1) is 18.7 Å². The number of anilines is 1. The largest absolute Gasteiger partial charge is 0.342 e. The van der Waals surface area contributed by atoms with Crippen molar-refractivity contribution in [1.82, 2.24) is 14.9 Å². The second kappa shape index (κ2) is 11.2. The number of nitrogens with one attached hydrogen (secondary N) is 3. The van der Waals surface area contributed by atoms with Crippen molar-refractivity contribution in [2.75, 3.05) is 31.5 Å². The van der Waals surface area contributed by atoms with Gasteiger partial charge in [0.25, 0.3) is 0 Å². The number of nitrogens with zero attached hydrogens (tertiary/aromatic N) is 1. The molecule has 0 aromatic heterocycles. The number of rotatable bonds is 8. The number of hydrogen-bond acceptors (Lipinski definition) is 4. The molecule has 3 rings (SSSR count). The van der Waals surface area contributed by atoms with Crippen molar-refractivity contribution in [3.63, 3.8) is 0 Å². The average molecular weight is 477 g/mol. The summed E-state index contributed by atoms with van der Waals surface area (Å²) >= 11 is 0. The Labute approximate surface area is 193 Å². The first kappa shape index (κ1) is 24.7. The smallest absolute Gasteiger partial charge is 0.319 e. The first-order valence-electron chi connectivity index (χ1n) is 10.9. The van der Waals surface area contributed by atoms with Crippen molar-refractivity contribution in [2.45, 2.75) is 31.1 Å². The van der Waals surface area contributed by atoms with Crippen molar-refractivity contribution < 1.29 is 22.4 Å². The zero-order valence-electron chi connectivity index (χ0n) is 18.5. The van der Waals surface area contributed by atoms with Gasteiger partial charge in [-0.1, -0.05) is 17.7 Å². The highest BCUT2D eigenvalue weighted by molar-refractivity contribution is 7.89. The molecular weight excluding hydrogens is 447 g/mol. The number of urea groups is 1. The van der Waals surface area contributed by atoms with Gasteiger partial charge in [-0.15, -0.1) is 0 Å². The number of hydrogen-bond donors (Lipinski definition) is 3. The van der Waals surface area contributed by atoms with Crippen LogP contribution in [0.5, 0.6) is 0 Å². The first-order chi connectivity index (χ1) is 15.7. The number of carbonyl (C=O) groups excluding carboxylic acids is 2. The molecule has 1 atom stereocenters. The van der Waals surface area contributed by atoms with Crippen molar-refractivity contribution >= 4 is 27.6 Å². The molecule has 178 valence electrons. The van der Waals surface area contributed by atoms with E-state index in [4.69, 9.17) is 0 Å². The molecule has 1 aliphatic heterocycles. The number of likely N-dealkylation sites (tertiary alicyclic amines) is 1. The van der Waals surface area contributed by atoms with Crippen LogP contribution in [-0.4, -0.2) is 51.4 Å². The molecule has 0 radical (unpaired) electrons. The molecule has 1 fully saturated rings. The van der Waals surface area contributed by atoms with Gasteiger partial charge < -0.3 is 15.5 Å². The number of benzene rings is 2. The van der Waals surface area contributed by atoms with E-state index in [1.807, 2.05) is 31.2 Å². The lowest BCUT2D eigenvalue weighted by Gasteiger charge is -2.33. The Morgan fingerprint density at radius 1 is 1.09 bits per heavy atom. The van der Waals surface area contributed by atoms with Crippen LogP contribution >= 0.6 is 0 Å². The maximum Gasteiger partial charge on any atom is 0.319 e. The molecule has 1 saturated heterocycles. The van der Waals surface area contributed by atoms with Gasteiger partial charge in [-0.2, -0.15) is 0 Å². The summed E-state index contributed by atoms with van der Waals surface area (Å²) in [5.74, 6) is -0.543. The van der Waals surface area contributed by atoms with Crippen molar-refractivity contribution in [3.05, 3.63) is 59.9 Å². The summed E-state index contributed by atoms with van der Waals surface area (Å²) in [5.41, 5.74) is 1.82. The molecule has 33 heavy (non-hydrogen) atoms. The number of piperidine rings is 1. The monoisotopic (exact) mass is 476 g/mol. The SMILES string of the molecule is Cc1ccc(NC(=O)NCC2CCCN(C(=O)CCNS(=O)(=O)c3ccc(F)cc3)C2)cc1. The van der Waals surface area contributed by atoms with Crippen LogP contribution in [0.3, 0.4) is 0 Å². The number of sulfonamides is 1. The molecule has 1 heterocycles. The van der Waals surface area contributed by atoms with Gasteiger partial charge in [0.05, 0.1) is 4.90 Å². The number of amides is 3. The minimum Gasteiger partial charge on any atom is -0.342 e. The Hall–Kier alpha value is -2.98. The molecule has 10 heteroatoms. The Morgan fingerprint density at radius 2 is 1.79 bits per heavy atom. The van der Waals surface area contributed by atoms with E-state index in [1.54, 1.807) is 4.90 Å². The quantitative estimate of drug-likeness (QED) is 0.545. The fraction of sp³-hybridized carbons (Fsp3) is 0.391. The van der Waals surface area contributed by atoms with E-state index in [0.29, 0.717) is 25.3 Å². The maximum atomic E-state index is 13.0. The fourth-order valence-corrected chi connectivity index (χ4v) is 4.69. The number of halogens is 1. The maximum absolute atomic E-state index is 13.0. The standard InChI is InChI=1S/C23H29FN4O4S/c1-17-4-8-20(9-5-17)27-23(30)25-15-18-3-2-14-28(16-18)22(29)12-13-26-33(31,32)21-10-6-19(24)7-11-21/h4-11,18,26H,2-3,12-16H2,1H3,(H2,25,27,30). The minimum absolute atomic E-state index is 0.0223. The van der Waals surface area contributed by atoms with Gasteiger partial charge in [0, 0.05) is 38.3 Å². The molecule has 0 saturated carbocycles. The van der Waals surface area contributed by atoms with Gasteiger partial charge in [0.1, 0.15) is 5.82 Å². The molecule has 0 aliphatic carbocycles. The van der Waals surface area contributed by atoms with Gasteiger partial charge in [-0.3, -0.25) is 4.79 Å². The highest BCUT2D eigenvalue weighted by atomic mass is 32.2. The lowest BCUT2D eigenvalue weighted by Crippen LogP contribution is -2.45. The molecule has 3 amide bonds. The third kappa shape index (κ3) is 7.54. The van der Waals surface area contributed by atoms with E-state index < -0.39 is 15.8 Å². The summed E-state index contributed by atoms with van der Waals surface area (Å²) in [4.78, 5) is 26.4. The zero-order chi connectivity index (χ0) is 23.8. The van der Waals surface area contributed by atoms with E-state index in [2.05, 4.69) is 15.4 Å². The molecule has 2 aromatic rings. The van der Waals surface area contributed by atoms with E-state index in [9.17, 15) is 22.4 Å². The summed E-state index contributed by atoms with van der Waals surface area (Å²) < 4.78 is 39.9. The summed E-state index contributed by atoms with van der Waals surface area (Å²) in [5, 5.41) is 5.64. The summed E-state index contributed by atoms with van der Waals surface area (Å²) in [7, 11) is -3.80. The Balaban J connectivity index is 1.41. The van der Waals surface area contributed by atoms with Crippen molar-refractivity contribution in [3.8, 4) is 0 Å². The van der Waals surface area contributed by atoms with Crippen molar-refractivity contribution in [2.24, 2.45) is 5.92 Å². The highest BCUT2D eigenvalue weighted by Gasteiger charge is 2.24. The molecule has 3 N–H and O–H groups in total. The Bertz CT molecular complexity index is 1060.